The molecule has 1 aliphatic heterocycles. The topological polar surface area (TPSA) is 90.0 Å². The van der Waals surface area contributed by atoms with Crippen LogP contribution in [-0.4, -0.2) is 65.0 Å². The maximum absolute atomic E-state index is 12.1. The molecular weight excluding hydrogens is 262 g/mol. The summed E-state index contributed by atoms with van der Waals surface area (Å²) in [4.78, 5) is 37.6. The zero-order valence-corrected chi connectivity index (χ0v) is 12.3. The van der Waals surface area contributed by atoms with Crippen molar-refractivity contribution >= 4 is 17.9 Å². The van der Waals surface area contributed by atoms with Gasteiger partial charge in [0.2, 0.25) is 5.91 Å². The zero-order chi connectivity index (χ0) is 15.3. The molecule has 7 nitrogen and oxygen atoms in total. The van der Waals surface area contributed by atoms with Crippen LogP contribution in [0.15, 0.2) is 0 Å². The number of hydrogen-bond acceptors (Lipinski definition) is 3. The molecule has 2 atom stereocenters. The highest BCUT2D eigenvalue weighted by Crippen LogP contribution is 2.07. The SMILES string of the molecule is CC(=O)N1CCCN(C(=O)NC(C)C(C)C(=O)O)CC1. The number of nitrogens with one attached hydrogen (secondary N) is 1. The summed E-state index contributed by atoms with van der Waals surface area (Å²) in [6.45, 7) is 6.98. The maximum atomic E-state index is 12.1. The van der Waals surface area contributed by atoms with E-state index in [0.29, 0.717) is 26.2 Å². The van der Waals surface area contributed by atoms with Gasteiger partial charge in [-0.1, -0.05) is 0 Å². The predicted octanol–water partition coefficient (Wildman–Crippen LogP) is 0.359. The van der Waals surface area contributed by atoms with Crippen LogP contribution in [0.2, 0.25) is 0 Å². The van der Waals surface area contributed by atoms with Gasteiger partial charge in [0.25, 0.3) is 0 Å². The minimum Gasteiger partial charge on any atom is -0.481 e. The zero-order valence-electron chi connectivity index (χ0n) is 12.3. The number of carbonyl (C=O) groups is 3. The summed E-state index contributed by atoms with van der Waals surface area (Å²) in [5.74, 6) is -1.56. The number of carbonyl (C=O) groups excluding carboxylic acids is 2. The molecule has 0 saturated carbocycles. The van der Waals surface area contributed by atoms with Crippen molar-refractivity contribution < 1.29 is 19.5 Å². The van der Waals surface area contributed by atoms with Crippen molar-refractivity contribution in [2.45, 2.75) is 33.2 Å². The molecule has 1 aliphatic rings. The first-order valence-electron chi connectivity index (χ1n) is 6.86. The fourth-order valence-electron chi connectivity index (χ4n) is 2.06. The lowest BCUT2D eigenvalue weighted by Gasteiger charge is -2.25. The molecule has 1 heterocycles. The summed E-state index contributed by atoms with van der Waals surface area (Å²) < 4.78 is 0. The summed E-state index contributed by atoms with van der Waals surface area (Å²) in [5.41, 5.74) is 0. The van der Waals surface area contributed by atoms with E-state index in [4.69, 9.17) is 5.11 Å². The van der Waals surface area contributed by atoms with E-state index in [9.17, 15) is 14.4 Å². The number of hydrogen-bond donors (Lipinski definition) is 2. The Balaban J connectivity index is 2.51. The molecule has 0 spiro atoms. The second kappa shape index (κ2) is 7.12. The summed E-state index contributed by atoms with van der Waals surface area (Å²) >= 11 is 0. The van der Waals surface area contributed by atoms with Gasteiger partial charge in [0.1, 0.15) is 0 Å². The summed E-state index contributed by atoms with van der Waals surface area (Å²) in [6.07, 6.45) is 0.732. The fourth-order valence-corrected chi connectivity index (χ4v) is 2.06. The Morgan fingerprint density at radius 2 is 1.60 bits per heavy atom. The molecule has 3 amide bonds. The number of nitrogens with zero attached hydrogens (tertiary/aromatic N) is 2. The Morgan fingerprint density at radius 3 is 2.15 bits per heavy atom. The van der Waals surface area contributed by atoms with Gasteiger partial charge in [-0.2, -0.15) is 0 Å². The minimum atomic E-state index is -0.934. The molecule has 20 heavy (non-hydrogen) atoms. The van der Waals surface area contributed by atoms with Crippen LogP contribution < -0.4 is 5.32 Å². The van der Waals surface area contributed by atoms with Crippen LogP contribution >= 0.6 is 0 Å². The molecule has 1 fully saturated rings. The largest absolute Gasteiger partial charge is 0.481 e. The monoisotopic (exact) mass is 285 g/mol. The van der Waals surface area contributed by atoms with Crippen LogP contribution in [-0.2, 0) is 9.59 Å². The molecular formula is C13H23N3O4. The highest BCUT2D eigenvalue weighted by molar-refractivity contribution is 5.77. The van der Waals surface area contributed by atoms with Gasteiger partial charge in [-0.3, -0.25) is 9.59 Å². The Hall–Kier alpha value is -1.79. The Bertz CT molecular complexity index is 386. The number of carboxylic acids is 1. The first-order chi connectivity index (χ1) is 9.32. The average Bonchev–Trinajstić information content (AvgIpc) is 2.63. The number of urea groups is 1. The van der Waals surface area contributed by atoms with Gasteiger partial charge in [-0.15, -0.1) is 0 Å². The lowest BCUT2D eigenvalue weighted by molar-refractivity contribution is -0.141. The van der Waals surface area contributed by atoms with E-state index in [0.717, 1.165) is 6.42 Å². The predicted molar refractivity (Wildman–Crippen MR) is 73.2 cm³/mol. The number of amides is 3. The van der Waals surface area contributed by atoms with E-state index in [1.165, 1.54) is 6.92 Å². The number of aliphatic carboxylic acids is 1. The highest BCUT2D eigenvalue weighted by Gasteiger charge is 2.25. The van der Waals surface area contributed by atoms with Crippen LogP contribution in [0.25, 0.3) is 0 Å². The van der Waals surface area contributed by atoms with E-state index in [-0.39, 0.29) is 11.9 Å². The number of carboxylic acid groups (broad SMARTS) is 1. The van der Waals surface area contributed by atoms with Crippen LogP contribution in [0.3, 0.4) is 0 Å². The summed E-state index contributed by atoms with van der Waals surface area (Å²) in [5, 5.41) is 11.6. The Labute approximate surface area is 118 Å². The smallest absolute Gasteiger partial charge is 0.317 e. The molecule has 2 unspecified atom stereocenters. The van der Waals surface area contributed by atoms with Crippen LogP contribution in [0.1, 0.15) is 27.2 Å². The molecule has 0 aromatic carbocycles. The van der Waals surface area contributed by atoms with Gasteiger partial charge in [-0.05, 0) is 20.3 Å². The van der Waals surface area contributed by atoms with E-state index < -0.39 is 17.9 Å². The first kappa shape index (κ1) is 16.3. The van der Waals surface area contributed by atoms with E-state index in [2.05, 4.69) is 5.32 Å². The third-order valence-corrected chi connectivity index (χ3v) is 3.72. The third-order valence-electron chi connectivity index (χ3n) is 3.72. The van der Waals surface area contributed by atoms with Crippen LogP contribution in [0.4, 0.5) is 4.79 Å². The fraction of sp³-hybridized carbons (Fsp3) is 0.769. The lowest BCUT2D eigenvalue weighted by Crippen LogP contribution is -2.48. The Morgan fingerprint density at radius 1 is 1.05 bits per heavy atom. The molecule has 0 radical (unpaired) electrons. The first-order valence-corrected chi connectivity index (χ1v) is 6.86. The molecule has 0 bridgehead atoms. The van der Waals surface area contributed by atoms with Crippen molar-refractivity contribution in [2.24, 2.45) is 5.92 Å². The van der Waals surface area contributed by atoms with E-state index in [1.54, 1.807) is 23.6 Å². The summed E-state index contributed by atoms with van der Waals surface area (Å²) in [7, 11) is 0. The van der Waals surface area contributed by atoms with Crippen molar-refractivity contribution in [3.63, 3.8) is 0 Å². The molecule has 0 aromatic heterocycles. The van der Waals surface area contributed by atoms with Gasteiger partial charge in [0, 0.05) is 39.1 Å². The van der Waals surface area contributed by atoms with Gasteiger partial charge in [0.05, 0.1) is 5.92 Å². The molecule has 2 N–H and O–H groups in total. The second-order valence-corrected chi connectivity index (χ2v) is 5.21. The highest BCUT2D eigenvalue weighted by atomic mass is 16.4. The van der Waals surface area contributed by atoms with Gasteiger partial charge in [-0.25, -0.2) is 4.79 Å². The quantitative estimate of drug-likeness (QED) is 0.783. The van der Waals surface area contributed by atoms with Crippen molar-refractivity contribution in [1.29, 1.82) is 0 Å². The third kappa shape index (κ3) is 4.40. The second-order valence-electron chi connectivity index (χ2n) is 5.21. The molecule has 0 aromatic rings. The van der Waals surface area contributed by atoms with Crippen molar-refractivity contribution in [1.82, 2.24) is 15.1 Å². The minimum absolute atomic E-state index is 0.0140. The van der Waals surface area contributed by atoms with Crippen molar-refractivity contribution in [2.75, 3.05) is 26.2 Å². The lowest BCUT2D eigenvalue weighted by atomic mass is 10.0. The number of rotatable bonds is 3. The Kier molecular flexibility index (Phi) is 5.79. The van der Waals surface area contributed by atoms with E-state index in [1.807, 2.05) is 0 Å². The van der Waals surface area contributed by atoms with Gasteiger partial charge in [0.15, 0.2) is 0 Å². The molecule has 1 rings (SSSR count). The maximum Gasteiger partial charge on any atom is 0.317 e. The van der Waals surface area contributed by atoms with E-state index >= 15 is 0 Å². The van der Waals surface area contributed by atoms with Crippen LogP contribution in [0, 0.1) is 5.92 Å². The normalized spacial score (nSPS) is 18.9. The molecule has 0 aliphatic carbocycles. The summed E-state index contributed by atoms with van der Waals surface area (Å²) in [6, 6.07) is -0.705. The molecule has 1 saturated heterocycles. The van der Waals surface area contributed by atoms with Gasteiger partial charge < -0.3 is 20.2 Å². The van der Waals surface area contributed by atoms with Gasteiger partial charge >= 0.3 is 12.0 Å². The van der Waals surface area contributed by atoms with Crippen molar-refractivity contribution in [3.05, 3.63) is 0 Å². The standard InChI is InChI=1S/C13H23N3O4/c1-9(12(18)19)10(2)14-13(20)16-6-4-5-15(7-8-16)11(3)17/h9-10H,4-8H2,1-3H3,(H,14,20)(H,18,19). The molecule has 114 valence electrons. The van der Waals surface area contributed by atoms with Crippen molar-refractivity contribution in [3.8, 4) is 0 Å². The van der Waals surface area contributed by atoms with Crippen LogP contribution in [0.5, 0.6) is 0 Å². The molecule has 7 heteroatoms. The average molecular weight is 285 g/mol.